The predicted octanol–water partition coefficient (Wildman–Crippen LogP) is 2.45. The summed E-state index contributed by atoms with van der Waals surface area (Å²) in [6.07, 6.45) is 1.75. The highest BCUT2D eigenvalue weighted by Crippen LogP contribution is 2.35. The van der Waals surface area contributed by atoms with Gasteiger partial charge in [-0.05, 0) is 18.2 Å². The molecule has 1 aromatic heterocycles. The SMILES string of the molecule is COc1cccc(NCc2cccnc2N2CCOCC2)c1[N+](=O)[O-]. The van der Waals surface area contributed by atoms with Crippen molar-refractivity contribution in [2.75, 3.05) is 43.6 Å². The van der Waals surface area contributed by atoms with Crippen LogP contribution in [-0.2, 0) is 11.3 Å². The molecule has 8 nitrogen and oxygen atoms in total. The summed E-state index contributed by atoms with van der Waals surface area (Å²) in [5.41, 5.74) is 1.32. The molecule has 25 heavy (non-hydrogen) atoms. The number of nitro benzene ring substituents is 1. The molecule has 2 aromatic rings. The number of benzene rings is 1. The van der Waals surface area contributed by atoms with Gasteiger partial charge in [-0.1, -0.05) is 12.1 Å². The molecule has 0 amide bonds. The van der Waals surface area contributed by atoms with Crippen molar-refractivity contribution in [1.82, 2.24) is 4.98 Å². The Hall–Kier alpha value is -2.87. The third-order valence-corrected chi connectivity index (χ3v) is 4.05. The summed E-state index contributed by atoms with van der Waals surface area (Å²) in [7, 11) is 1.42. The minimum Gasteiger partial charge on any atom is -0.490 e. The third-order valence-electron chi connectivity index (χ3n) is 4.05. The van der Waals surface area contributed by atoms with Crippen molar-refractivity contribution >= 4 is 17.2 Å². The van der Waals surface area contributed by atoms with Gasteiger partial charge in [0, 0.05) is 31.4 Å². The molecule has 132 valence electrons. The fraction of sp³-hybridized carbons (Fsp3) is 0.353. The summed E-state index contributed by atoms with van der Waals surface area (Å²) >= 11 is 0. The van der Waals surface area contributed by atoms with Crippen LogP contribution in [0.15, 0.2) is 36.5 Å². The second-order valence-corrected chi connectivity index (χ2v) is 5.55. The van der Waals surface area contributed by atoms with E-state index in [1.54, 1.807) is 24.4 Å². The minimum absolute atomic E-state index is 0.0678. The summed E-state index contributed by atoms with van der Waals surface area (Å²) in [6.45, 7) is 3.33. The monoisotopic (exact) mass is 344 g/mol. The molecule has 8 heteroatoms. The van der Waals surface area contributed by atoms with Crippen molar-refractivity contribution in [2.24, 2.45) is 0 Å². The summed E-state index contributed by atoms with van der Waals surface area (Å²) in [5, 5.41) is 14.5. The molecule has 0 spiro atoms. The Labute approximate surface area is 145 Å². The molecule has 1 aliphatic rings. The number of ether oxygens (including phenoxy) is 2. The quantitative estimate of drug-likeness (QED) is 0.636. The van der Waals surface area contributed by atoms with Crippen LogP contribution >= 0.6 is 0 Å². The highest BCUT2D eigenvalue weighted by Gasteiger charge is 2.21. The predicted molar refractivity (Wildman–Crippen MR) is 94.2 cm³/mol. The Bertz CT molecular complexity index is 747. The zero-order chi connectivity index (χ0) is 17.6. The Kier molecular flexibility index (Phi) is 5.30. The zero-order valence-electron chi connectivity index (χ0n) is 14.0. The van der Waals surface area contributed by atoms with Crippen LogP contribution < -0.4 is 15.0 Å². The molecule has 1 N–H and O–H groups in total. The number of nitro groups is 1. The van der Waals surface area contributed by atoms with Gasteiger partial charge >= 0.3 is 5.69 Å². The molecule has 0 radical (unpaired) electrons. The van der Waals surface area contributed by atoms with Gasteiger partial charge in [0.15, 0.2) is 5.75 Å². The second kappa shape index (κ2) is 7.80. The lowest BCUT2D eigenvalue weighted by molar-refractivity contribution is -0.384. The number of hydrogen-bond donors (Lipinski definition) is 1. The van der Waals surface area contributed by atoms with Crippen LogP contribution in [0.1, 0.15) is 5.56 Å². The van der Waals surface area contributed by atoms with Crippen LogP contribution in [0.4, 0.5) is 17.2 Å². The fourth-order valence-corrected chi connectivity index (χ4v) is 2.84. The average Bonchev–Trinajstić information content (AvgIpc) is 2.66. The molecule has 3 rings (SSSR count). The van der Waals surface area contributed by atoms with E-state index in [9.17, 15) is 10.1 Å². The number of para-hydroxylation sites is 1. The molecule has 0 saturated carbocycles. The Balaban J connectivity index is 1.82. The largest absolute Gasteiger partial charge is 0.490 e. The topological polar surface area (TPSA) is 89.8 Å². The molecule has 0 unspecified atom stereocenters. The van der Waals surface area contributed by atoms with Gasteiger partial charge in [-0.3, -0.25) is 10.1 Å². The highest BCUT2D eigenvalue weighted by atomic mass is 16.6. The molecular weight excluding hydrogens is 324 g/mol. The summed E-state index contributed by atoms with van der Waals surface area (Å²) < 4.78 is 10.5. The number of rotatable bonds is 6. The lowest BCUT2D eigenvalue weighted by atomic mass is 10.2. The normalized spacial score (nSPS) is 14.2. The van der Waals surface area contributed by atoms with Gasteiger partial charge in [0.25, 0.3) is 0 Å². The zero-order valence-corrected chi connectivity index (χ0v) is 14.0. The molecule has 0 bridgehead atoms. The number of nitrogens with zero attached hydrogens (tertiary/aromatic N) is 3. The van der Waals surface area contributed by atoms with E-state index in [0.29, 0.717) is 25.4 Å². The van der Waals surface area contributed by atoms with Crippen molar-refractivity contribution in [3.8, 4) is 5.75 Å². The number of nitrogens with one attached hydrogen (secondary N) is 1. The van der Waals surface area contributed by atoms with Crippen LogP contribution in [0, 0.1) is 10.1 Å². The molecule has 0 atom stereocenters. The van der Waals surface area contributed by atoms with Crippen molar-refractivity contribution < 1.29 is 14.4 Å². The van der Waals surface area contributed by atoms with Crippen molar-refractivity contribution in [2.45, 2.75) is 6.54 Å². The van der Waals surface area contributed by atoms with Gasteiger partial charge in [-0.25, -0.2) is 4.98 Å². The lowest BCUT2D eigenvalue weighted by Crippen LogP contribution is -2.37. The lowest BCUT2D eigenvalue weighted by Gasteiger charge is -2.29. The van der Waals surface area contributed by atoms with E-state index in [4.69, 9.17) is 9.47 Å². The van der Waals surface area contributed by atoms with Gasteiger partial charge < -0.3 is 19.7 Å². The van der Waals surface area contributed by atoms with Crippen LogP contribution in [0.2, 0.25) is 0 Å². The van der Waals surface area contributed by atoms with Crippen LogP contribution in [0.3, 0.4) is 0 Å². The molecule has 1 fully saturated rings. The molecule has 1 aliphatic heterocycles. The Morgan fingerprint density at radius 3 is 2.84 bits per heavy atom. The first-order valence-electron chi connectivity index (χ1n) is 8.02. The third kappa shape index (κ3) is 3.80. The van der Waals surface area contributed by atoms with E-state index >= 15 is 0 Å². The minimum atomic E-state index is -0.437. The first-order chi connectivity index (χ1) is 12.2. The number of hydrogen-bond acceptors (Lipinski definition) is 7. The molecule has 2 heterocycles. The van der Waals surface area contributed by atoms with Crippen LogP contribution in [-0.4, -0.2) is 43.3 Å². The van der Waals surface area contributed by atoms with Crippen molar-refractivity contribution in [3.63, 3.8) is 0 Å². The number of anilines is 2. The van der Waals surface area contributed by atoms with E-state index in [0.717, 1.165) is 24.5 Å². The van der Waals surface area contributed by atoms with E-state index < -0.39 is 4.92 Å². The highest BCUT2D eigenvalue weighted by molar-refractivity contribution is 5.68. The first-order valence-corrected chi connectivity index (χ1v) is 8.02. The van der Waals surface area contributed by atoms with E-state index in [1.165, 1.54) is 7.11 Å². The Morgan fingerprint density at radius 2 is 2.12 bits per heavy atom. The van der Waals surface area contributed by atoms with Gasteiger partial charge in [-0.15, -0.1) is 0 Å². The van der Waals surface area contributed by atoms with E-state index in [1.807, 2.05) is 12.1 Å². The molecule has 1 saturated heterocycles. The summed E-state index contributed by atoms with van der Waals surface area (Å²) in [6, 6.07) is 8.80. The second-order valence-electron chi connectivity index (χ2n) is 5.55. The number of aromatic nitrogens is 1. The van der Waals surface area contributed by atoms with Gasteiger partial charge in [-0.2, -0.15) is 0 Å². The average molecular weight is 344 g/mol. The van der Waals surface area contributed by atoms with Gasteiger partial charge in [0.1, 0.15) is 11.5 Å². The van der Waals surface area contributed by atoms with E-state index in [2.05, 4.69) is 15.2 Å². The van der Waals surface area contributed by atoms with Crippen molar-refractivity contribution in [1.29, 1.82) is 0 Å². The van der Waals surface area contributed by atoms with E-state index in [-0.39, 0.29) is 11.4 Å². The van der Waals surface area contributed by atoms with Crippen LogP contribution in [0.25, 0.3) is 0 Å². The summed E-state index contributed by atoms with van der Waals surface area (Å²) in [5.74, 6) is 1.11. The molecule has 1 aromatic carbocycles. The number of pyridine rings is 1. The molecular formula is C17H20N4O4. The molecule has 0 aliphatic carbocycles. The number of morpholine rings is 1. The fourth-order valence-electron chi connectivity index (χ4n) is 2.84. The Morgan fingerprint density at radius 1 is 1.32 bits per heavy atom. The maximum absolute atomic E-state index is 11.4. The van der Waals surface area contributed by atoms with Gasteiger partial charge in [0.05, 0.1) is 25.2 Å². The number of methoxy groups -OCH3 is 1. The maximum atomic E-state index is 11.4. The van der Waals surface area contributed by atoms with Crippen LogP contribution in [0.5, 0.6) is 5.75 Å². The summed E-state index contributed by atoms with van der Waals surface area (Å²) in [4.78, 5) is 17.6. The smallest absolute Gasteiger partial charge is 0.333 e. The van der Waals surface area contributed by atoms with Gasteiger partial charge in [0.2, 0.25) is 0 Å². The van der Waals surface area contributed by atoms with Crippen molar-refractivity contribution in [3.05, 3.63) is 52.2 Å². The maximum Gasteiger partial charge on any atom is 0.333 e. The standard InChI is InChI=1S/C17H20N4O4/c1-24-15-6-2-5-14(16(15)21(22)23)19-12-13-4-3-7-18-17(13)20-8-10-25-11-9-20/h2-7,19H,8-12H2,1H3. The first kappa shape index (κ1) is 17.0.